The molecular weight excluding hydrogens is 328 g/mol. The minimum Gasteiger partial charge on any atom is -0.459 e. The van der Waals surface area contributed by atoms with Crippen molar-refractivity contribution in [2.75, 3.05) is 0 Å². The lowest BCUT2D eigenvalue weighted by Gasteiger charge is -2.55. The van der Waals surface area contributed by atoms with Crippen LogP contribution < -0.4 is 0 Å². The van der Waals surface area contributed by atoms with Crippen molar-refractivity contribution in [2.45, 2.75) is 109 Å². The molecule has 4 nitrogen and oxygen atoms in total. The number of hydrogen-bond acceptors (Lipinski definition) is 4. The number of esters is 1. The van der Waals surface area contributed by atoms with Crippen molar-refractivity contribution < 1.29 is 19.0 Å². The van der Waals surface area contributed by atoms with Crippen molar-refractivity contribution in [3.63, 3.8) is 0 Å². The number of carbonyl (C=O) groups excluding carboxylic acids is 1. The molecule has 1 aliphatic carbocycles. The van der Waals surface area contributed by atoms with Crippen LogP contribution in [-0.2, 0) is 19.0 Å². The molecule has 0 amide bonds. The molecule has 0 N–H and O–H groups in total. The van der Waals surface area contributed by atoms with Crippen LogP contribution in [0.5, 0.6) is 0 Å². The molecule has 8 atom stereocenters. The molecule has 0 spiro atoms. The summed E-state index contributed by atoms with van der Waals surface area (Å²) in [5, 5.41) is 0. The number of fused-ring (bicyclic) bond motifs is 8. The van der Waals surface area contributed by atoms with Gasteiger partial charge in [0.25, 0.3) is 0 Å². The van der Waals surface area contributed by atoms with Gasteiger partial charge >= 0.3 is 5.97 Å². The summed E-state index contributed by atoms with van der Waals surface area (Å²) in [5.41, 5.74) is -0.748. The minimum atomic E-state index is -0.417. The van der Waals surface area contributed by atoms with Crippen molar-refractivity contribution in [3.8, 4) is 0 Å². The van der Waals surface area contributed by atoms with Gasteiger partial charge in [-0.2, -0.15) is 0 Å². The summed E-state index contributed by atoms with van der Waals surface area (Å²) in [6, 6.07) is 0. The van der Waals surface area contributed by atoms with Crippen molar-refractivity contribution >= 4 is 5.97 Å². The van der Waals surface area contributed by atoms with Crippen LogP contribution in [0.1, 0.15) is 80.1 Å². The Kier molecular flexibility index (Phi) is 4.28. The van der Waals surface area contributed by atoms with Crippen LogP contribution in [0.4, 0.5) is 0 Å². The maximum absolute atomic E-state index is 11.9. The van der Waals surface area contributed by atoms with Gasteiger partial charge in [0.15, 0.2) is 0 Å². The summed E-state index contributed by atoms with van der Waals surface area (Å²) in [5.74, 6) is 1.73. The Bertz CT molecular complexity index is 589. The van der Waals surface area contributed by atoms with Crippen LogP contribution >= 0.6 is 0 Å². The Balaban J connectivity index is 1.78. The fraction of sp³-hybridized carbons (Fsp3) is 0.955. The zero-order valence-corrected chi connectivity index (χ0v) is 17.3. The molecular formula is C22H36O4. The molecule has 4 aliphatic rings. The van der Waals surface area contributed by atoms with Crippen molar-refractivity contribution in [3.05, 3.63) is 0 Å². The highest BCUT2D eigenvalue weighted by Gasteiger charge is 2.67. The van der Waals surface area contributed by atoms with E-state index in [1.54, 1.807) is 6.92 Å². The van der Waals surface area contributed by atoms with Crippen LogP contribution in [0.3, 0.4) is 0 Å². The maximum atomic E-state index is 11.9. The zero-order chi connectivity index (χ0) is 18.9. The molecule has 4 rings (SSSR count). The Morgan fingerprint density at radius 1 is 1.15 bits per heavy atom. The van der Waals surface area contributed by atoms with Crippen molar-refractivity contribution in [1.29, 1.82) is 0 Å². The number of ether oxygens (including phenoxy) is 3. The molecule has 4 heteroatoms. The van der Waals surface area contributed by atoms with Crippen LogP contribution in [-0.4, -0.2) is 35.0 Å². The van der Waals surface area contributed by atoms with E-state index in [0.29, 0.717) is 17.8 Å². The van der Waals surface area contributed by atoms with Gasteiger partial charge in [-0.25, -0.2) is 0 Å². The fourth-order valence-electron chi connectivity index (χ4n) is 7.10. The van der Waals surface area contributed by atoms with Crippen molar-refractivity contribution in [1.82, 2.24) is 0 Å². The highest BCUT2D eigenvalue weighted by molar-refractivity contribution is 5.66. The first kappa shape index (κ1) is 18.7. The van der Waals surface area contributed by atoms with E-state index >= 15 is 0 Å². The molecule has 0 unspecified atom stereocenters. The molecule has 0 aromatic carbocycles. The number of hydrogen-bond donors (Lipinski definition) is 0. The number of rotatable bonds is 2. The molecule has 26 heavy (non-hydrogen) atoms. The molecule has 4 fully saturated rings. The van der Waals surface area contributed by atoms with Crippen molar-refractivity contribution in [2.24, 2.45) is 23.7 Å². The number of carbonyl (C=O) groups is 1. The third-order valence-electron chi connectivity index (χ3n) is 7.99. The molecule has 3 aliphatic heterocycles. The quantitative estimate of drug-likeness (QED) is 0.677. The Morgan fingerprint density at radius 2 is 1.88 bits per heavy atom. The Hall–Kier alpha value is -0.610. The fourth-order valence-corrected chi connectivity index (χ4v) is 7.10. The summed E-state index contributed by atoms with van der Waals surface area (Å²) in [6.45, 7) is 12.9. The third-order valence-corrected chi connectivity index (χ3v) is 7.99. The zero-order valence-electron chi connectivity index (χ0n) is 17.3. The molecule has 3 saturated heterocycles. The van der Waals surface area contributed by atoms with Gasteiger partial charge in [0.05, 0.1) is 23.4 Å². The largest absolute Gasteiger partial charge is 0.459 e. The van der Waals surface area contributed by atoms with Gasteiger partial charge in [0.2, 0.25) is 0 Å². The van der Waals surface area contributed by atoms with E-state index in [-0.39, 0.29) is 35.3 Å². The highest BCUT2D eigenvalue weighted by Crippen LogP contribution is 2.61. The second kappa shape index (κ2) is 5.94. The first-order chi connectivity index (χ1) is 12.1. The summed E-state index contributed by atoms with van der Waals surface area (Å²) < 4.78 is 19.5. The average molecular weight is 365 g/mol. The van der Waals surface area contributed by atoms with E-state index in [0.717, 1.165) is 32.1 Å². The molecule has 0 aromatic rings. The lowest BCUT2D eigenvalue weighted by molar-refractivity contribution is -0.219. The summed E-state index contributed by atoms with van der Waals surface area (Å²) >= 11 is 0. The normalized spacial score (nSPS) is 53.1. The summed E-state index contributed by atoms with van der Waals surface area (Å²) in [7, 11) is 0. The van der Waals surface area contributed by atoms with E-state index in [2.05, 4.69) is 34.6 Å². The Labute approximate surface area is 158 Å². The predicted octanol–water partition coefficient (Wildman–Crippen LogP) is 4.50. The van der Waals surface area contributed by atoms with Gasteiger partial charge < -0.3 is 14.2 Å². The van der Waals surface area contributed by atoms with Crippen LogP contribution in [0.15, 0.2) is 0 Å². The summed E-state index contributed by atoms with van der Waals surface area (Å²) in [6.07, 6.45) is 6.58. The lowest BCUT2D eigenvalue weighted by Crippen LogP contribution is -2.60. The maximum Gasteiger partial charge on any atom is 0.303 e. The van der Waals surface area contributed by atoms with E-state index < -0.39 is 5.60 Å². The summed E-state index contributed by atoms with van der Waals surface area (Å²) in [4.78, 5) is 11.9. The van der Waals surface area contributed by atoms with E-state index in [4.69, 9.17) is 14.2 Å². The van der Waals surface area contributed by atoms with Crippen LogP contribution in [0, 0.1) is 23.7 Å². The average Bonchev–Trinajstić information content (AvgIpc) is 2.83. The highest BCUT2D eigenvalue weighted by atomic mass is 16.6. The second-order valence-electron chi connectivity index (χ2n) is 10.5. The predicted molar refractivity (Wildman–Crippen MR) is 99.7 cm³/mol. The van der Waals surface area contributed by atoms with E-state index in [1.807, 2.05) is 0 Å². The van der Waals surface area contributed by atoms with Gasteiger partial charge in [0, 0.05) is 25.2 Å². The van der Waals surface area contributed by atoms with E-state index in [1.165, 1.54) is 6.42 Å². The molecule has 3 heterocycles. The smallest absolute Gasteiger partial charge is 0.303 e. The van der Waals surface area contributed by atoms with Gasteiger partial charge in [-0.05, 0) is 64.7 Å². The van der Waals surface area contributed by atoms with Gasteiger partial charge in [-0.3, -0.25) is 4.79 Å². The van der Waals surface area contributed by atoms with E-state index in [9.17, 15) is 4.79 Å². The molecule has 1 saturated carbocycles. The standard InChI is InChI=1S/C22H36O4/c1-13(2)15-8-11-21(5,25-14(3)23)18-16-12-20(4)9-7-10-22(6,26-20)19(24-16)17(15)18/h13,15-19H,7-12H2,1-6H3/t15-,16-,17-,18-,19-,20+,21+,22-/m1/s1. The second-order valence-corrected chi connectivity index (χ2v) is 10.5. The molecule has 0 aromatic heterocycles. The third kappa shape index (κ3) is 2.74. The lowest BCUT2D eigenvalue weighted by atomic mass is 9.56. The van der Waals surface area contributed by atoms with Crippen LogP contribution in [0.2, 0.25) is 0 Å². The first-order valence-electron chi connectivity index (χ1n) is 10.6. The Morgan fingerprint density at radius 3 is 2.54 bits per heavy atom. The topological polar surface area (TPSA) is 44.8 Å². The first-order valence-corrected chi connectivity index (χ1v) is 10.6. The monoisotopic (exact) mass is 364 g/mol. The van der Waals surface area contributed by atoms with Crippen LogP contribution in [0.25, 0.3) is 0 Å². The minimum absolute atomic E-state index is 0.112. The SMILES string of the molecule is CC(=O)O[C@@]1(C)CC[C@H](C(C)C)[C@@H]2[C@H]1[C@H]1C[C@]3(C)CCC[C@@](C)(O3)[C@@H]2O1. The molecule has 148 valence electrons. The van der Waals surface area contributed by atoms with Gasteiger partial charge in [-0.15, -0.1) is 0 Å². The molecule has 0 radical (unpaired) electrons. The molecule has 4 bridgehead atoms. The van der Waals surface area contributed by atoms with Gasteiger partial charge in [-0.1, -0.05) is 13.8 Å². The van der Waals surface area contributed by atoms with Gasteiger partial charge in [0.1, 0.15) is 5.60 Å².